The van der Waals surface area contributed by atoms with Crippen molar-refractivity contribution in [3.05, 3.63) is 206 Å². The number of benzene rings is 8. The molecular weight excluding hydrogens is 707 g/mol. The van der Waals surface area contributed by atoms with Gasteiger partial charge in [0.2, 0.25) is 0 Å². The molecule has 0 radical (unpaired) electrons. The highest BCUT2D eigenvalue weighted by Gasteiger charge is 2.25. The van der Waals surface area contributed by atoms with Crippen LogP contribution in [-0.2, 0) is 0 Å². The highest BCUT2D eigenvalue weighted by molar-refractivity contribution is 6.24. The molecule has 0 fully saturated rings. The van der Waals surface area contributed by atoms with Crippen LogP contribution in [0.1, 0.15) is 5.56 Å². The molecule has 0 saturated carbocycles. The highest BCUT2D eigenvalue weighted by atomic mass is 15.1. The van der Waals surface area contributed by atoms with E-state index in [0.717, 1.165) is 72.0 Å². The van der Waals surface area contributed by atoms with Gasteiger partial charge in [-0.1, -0.05) is 164 Å². The third-order valence-corrected chi connectivity index (χ3v) is 11.2. The molecule has 11 rings (SSSR count). The fourth-order valence-corrected chi connectivity index (χ4v) is 8.61. The average Bonchev–Trinajstić information content (AvgIpc) is 3.82. The number of fused-ring (bicyclic) bond motifs is 7. The first kappa shape index (κ1) is 33.3. The SMILES string of the molecule is N#Cc1c(-c2ccccc2)nc(-c2cc(-c3ccccc3)ccc2-n2c3ccccc3c3ccc4c5ccccc5n(-c5ccccc5)c4c32)nc1-c1ccccc1. The van der Waals surface area contributed by atoms with E-state index in [1.54, 1.807) is 0 Å². The largest absolute Gasteiger partial charge is 0.307 e. The van der Waals surface area contributed by atoms with E-state index in [9.17, 15) is 5.26 Å². The van der Waals surface area contributed by atoms with Crippen molar-refractivity contribution in [2.75, 3.05) is 0 Å². The van der Waals surface area contributed by atoms with E-state index in [1.807, 2.05) is 66.7 Å². The average molecular weight is 740 g/mol. The molecule has 0 bridgehead atoms. The fraction of sp³-hybridized carbons (Fsp3) is 0. The van der Waals surface area contributed by atoms with E-state index in [2.05, 4.69) is 149 Å². The molecule has 11 aromatic rings. The van der Waals surface area contributed by atoms with Crippen LogP contribution in [0.3, 0.4) is 0 Å². The number of nitrogens with zero attached hydrogens (tertiary/aromatic N) is 5. The molecule has 0 amide bonds. The summed E-state index contributed by atoms with van der Waals surface area (Å²) in [6.07, 6.45) is 0. The first-order valence-corrected chi connectivity index (χ1v) is 19.4. The molecule has 0 aliphatic carbocycles. The second-order valence-corrected chi connectivity index (χ2v) is 14.5. The lowest BCUT2D eigenvalue weighted by Gasteiger charge is -2.18. The summed E-state index contributed by atoms with van der Waals surface area (Å²) < 4.78 is 4.81. The van der Waals surface area contributed by atoms with Gasteiger partial charge in [-0.05, 0) is 47.5 Å². The minimum atomic E-state index is 0.438. The normalized spacial score (nSPS) is 11.4. The van der Waals surface area contributed by atoms with Crippen molar-refractivity contribution >= 4 is 43.6 Å². The van der Waals surface area contributed by atoms with Gasteiger partial charge in [0.25, 0.3) is 0 Å². The monoisotopic (exact) mass is 739 g/mol. The van der Waals surface area contributed by atoms with Crippen LogP contribution in [0.25, 0.3) is 100 Å². The summed E-state index contributed by atoms with van der Waals surface area (Å²) in [5, 5.41) is 15.4. The zero-order chi connectivity index (χ0) is 38.6. The number of hydrogen-bond acceptors (Lipinski definition) is 3. The van der Waals surface area contributed by atoms with Gasteiger partial charge in [-0.15, -0.1) is 0 Å². The zero-order valence-corrected chi connectivity index (χ0v) is 31.3. The van der Waals surface area contributed by atoms with Crippen LogP contribution in [0.4, 0.5) is 0 Å². The van der Waals surface area contributed by atoms with Crippen molar-refractivity contribution in [2.24, 2.45) is 0 Å². The predicted octanol–water partition coefficient (Wildman–Crippen LogP) is 13.2. The Labute approximate surface area is 335 Å². The topological polar surface area (TPSA) is 59.4 Å². The first-order valence-electron chi connectivity index (χ1n) is 19.4. The Morgan fingerprint density at radius 3 is 1.41 bits per heavy atom. The molecular formula is C53H33N5. The van der Waals surface area contributed by atoms with Gasteiger partial charge in [0, 0.05) is 43.9 Å². The van der Waals surface area contributed by atoms with Gasteiger partial charge in [-0.3, -0.25) is 0 Å². The van der Waals surface area contributed by atoms with Crippen LogP contribution < -0.4 is 0 Å². The fourth-order valence-electron chi connectivity index (χ4n) is 8.61. The quantitative estimate of drug-likeness (QED) is 0.171. The molecule has 0 aliphatic rings. The van der Waals surface area contributed by atoms with Gasteiger partial charge in [-0.25, -0.2) is 9.97 Å². The Hall–Kier alpha value is -8.07. The summed E-state index contributed by atoms with van der Waals surface area (Å²) in [7, 11) is 0. The number of nitriles is 1. The standard InChI is InChI=1S/C53H33N5/c54-34-45-49(36-19-7-2-8-20-36)55-53(56-50(45)37-21-9-3-10-22-37)44-33-38(35-17-5-1-6-18-35)29-32-48(44)58-47-28-16-14-26-41(47)43-31-30-42-40-25-13-15-27-46(40)57(51(42)52(43)58)39-23-11-4-12-24-39/h1-33H. The molecule has 58 heavy (non-hydrogen) atoms. The number of aromatic nitrogens is 4. The van der Waals surface area contributed by atoms with Crippen molar-refractivity contribution in [2.45, 2.75) is 0 Å². The molecule has 3 aromatic heterocycles. The Morgan fingerprint density at radius 2 is 0.862 bits per heavy atom. The van der Waals surface area contributed by atoms with Crippen LogP contribution in [0.2, 0.25) is 0 Å². The van der Waals surface area contributed by atoms with Gasteiger partial charge in [0.1, 0.15) is 11.6 Å². The summed E-state index contributed by atoms with van der Waals surface area (Å²) in [4.78, 5) is 10.7. The van der Waals surface area contributed by atoms with Gasteiger partial charge in [0.05, 0.1) is 39.1 Å². The molecule has 0 aliphatic heterocycles. The Balaban J connectivity index is 1.31. The Kier molecular flexibility index (Phi) is 7.80. The van der Waals surface area contributed by atoms with Crippen molar-refractivity contribution in [1.82, 2.24) is 19.1 Å². The van der Waals surface area contributed by atoms with Crippen molar-refractivity contribution in [1.29, 1.82) is 5.26 Å². The van der Waals surface area contributed by atoms with Crippen LogP contribution in [-0.4, -0.2) is 19.1 Å². The van der Waals surface area contributed by atoms with Crippen LogP contribution in [0.15, 0.2) is 200 Å². The third kappa shape index (κ3) is 5.24. The maximum Gasteiger partial charge on any atom is 0.162 e. The van der Waals surface area contributed by atoms with Crippen molar-refractivity contribution in [3.63, 3.8) is 0 Å². The van der Waals surface area contributed by atoms with E-state index in [0.29, 0.717) is 22.8 Å². The molecule has 270 valence electrons. The third-order valence-electron chi connectivity index (χ3n) is 11.2. The van der Waals surface area contributed by atoms with Crippen LogP contribution in [0.5, 0.6) is 0 Å². The van der Waals surface area contributed by atoms with Crippen LogP contribution in [0, 0.1) is 11.3 Å². The Morgan fingerprint density at radius 1 is 0.397 bits per heavy atom. The summed E-state index contributed by atoms with van der Waals surface area (Å²) >= 11 is 0. The molecule has 0 spiro atoms. The van der Waals surface area contributed by atoms with Crippen LogP contribution >= 0.6 is 0 Å². The van der Waals surface area contributed by atoms with Gasteiger partial charge in [0.15, 0.2) is 5.82 Å². The van der Waals surface area contributed by atoms with Gasteiger partial charge in [-0.2, -0.15) is 5.26 Å². The number of hydrogen-bond donors (Lipinski definition) is 0. The summed E-state index contributed by atoms with van der Waals surface area (Å²) in [6, 6.07) is 71.9. The highest BCUT2D eigenvalue weighted by Crippen LogP contribution is 2.44. The maximum absolute atomic E-state index is 10.8. The first-order chi connectivity index (χ1) is 28.8. The van der Waals surface area contributed by atoms with E-state index in [4.69, 9.17) is 9.97 Å². The van der Waals surface area contributed by atoms with Crippen molar-refractivity contribution in [3.8, 4) is 62.5 Å². The number of rotatable bonds is 6. The molecule has 3 heterocycles. The molecule has 5 heteroatoms. The smallest absolute Gasteiger partial charge is 0.162 e. The van der Waals surface area contributed by atoms with E-state index >= 15 is 0 Å². The molecule has 8 aromatic carbocycles. The lowest BCUT2D eigenvalue weighted by Crippen LogP contribution is -2.05. The second-order valence-electron chi connectivity index (χ2n) is 14.5. The predicted molar refractivity (Wildman–Crippen MR) is 237 cm³/mol. The molecule has 5 nitrogen and oxygen atoms in total. The molecule has 0 atom stereocenters. The summed E-state index contributed by atoms with van der Waals surface area (Å²) in [5.74, 6) is 0.534. The van der Waals surface area contributed by atoms with Gasteiger partial charge >= 0.3 is 0 Å². The summed E-state index contributed by atoms with van der Waals surface area (Å²) in [5.41, 5.74) is 12.8. The molecule has 0 saturated heterocycles. The minimum Gasteiger partial charge on any atom is -0.307 e. The van der Waals surface area contributed by atoms with Crippen molar-refractivity contribution < 1.29 is 0 Å². The van der Waals surface area contributed by atoms with E-state index in [1.165, 1.54) is 10.8 Å². The molecule has 0 unspecified atom stereocenters. The number of para-hydroxylation sites is 3. The summed E-state index contributed by atoms with van der Waals surface area (Å²) in [6.45, 7) is 0. The lowest BCUT2D eigenvalue weighted by atomic mass is 9.98. The maximum atomic E-state index is 10.8. The lowest BCUT2D eigenvalue weighted by molar-refractivity contribution is 1.12. The zero-order valence-electron chi connectivity index (χ0n) is 31.3. The van der Waals surface area contributed by atoms with E-state index in [-0.39, 0.29) is 0 Å². The van der Waals surface area contributed by atoms with Gasteiger partial charge < -0.3 is 9.13 Å². The minimum absolute atomic E-state index is 0.438. The molecule has 0 N–H and O–H groups in total. The van der Waals surface area contributed by atoms with E-state index < -0.39 is 0 Å². The second kappa shape index (κ2) is 13.6. The Bertz CT molecular complexity index is 3320.